The minimum Gasteiger partial charge on any atom is -0.508 e. The standard InChI is InChI=1S/C10H12O/c1-7-2-3-8-6-9(11)4-5-10(7)8/h4-7,11H,2-3H2,1H3/t7-/m0/s1. The second-order valence-electron chi connectivity index (χ2n) is 3.32. The van der Waals surface area contributed by atoms with Crippen LogP contribution < -0.4 is 0 Å². The molecule has 0 spiro atoms. The Balaban J connectivity index is 2.50. The van der Waals surface area contributed by atoms with E-state index in [1.807, 2.05) is 12.1 Å². The minimum atomic E-state index is 0.401. The first-order valence-electron chi connectivity index (χ1n) is 4.09. The molecule has 0 unspecified atom stereocenters. The molecule has 1 atom stereocenters. The number of benzene rings is 1. The summed E-state index contributed by atoms with van der Waals surface area (Å²) < 4.78 is 0. The third-order valence-corrected chi connectivity index (χ3v) is 2.50. The van der Waals surface area contributed by atoms with Crippen molar-refractivity contribution in [2.45, 2.75) is 25.7 Å². The van der Waals surface area contributed by atoms with Gasteiger partial charge in [-0.1, -0.05) is 13.0 Å². The molecule has 0 radical (unpaired) electrons. The van der Waals surface area contributed by atoms with Crippen LogP contribution in [0.4, 0.5) is 0 Å². The van der Waals surface area contributed by atoms with E-state index in [9.17, 15) is 5.11 Å². The van der Waals surface area contributed by atoms with Gasteiger partial charge in [0.1, 0.15) is 5.75 Å². The van der Waals surface area contributed by atoms with Gasteiger partial charge in [-0.2, -0.15) is 0 Å². The number of aryl methyl sites for hydroxylation is 1. The lowest BCUT2D eigenvalue weighted by Crippen LogP contribution is -1.84. The van der Waals surface area contributed by atoms with Crippen LogP contribution in [0.1, 0.15) is 30.4 Å². The molecule has 0 saturated heterocycles. The van der Waals surface area contributed by atoms with Crippen molar-refractivity contribution in [3.63, 3.8) is 0 Å². The van der Waals surface area contributed by atoms with E-state index < -0.39 is 0 Å². The molecule has 0 aliphatic heterocycles. The average Bonchev–Trinajstić information content (AvgIpc) is 2.32. The van der Waals surface area contributed by atoms with Gasteiger partial charge < -0.3 is 5.11 Å². The fourth-order valence-electron chi connectivity index (χ4n) is 1.82. The summed E-state index contributed by atoms with van der Waals surface area (Å²) in [6.07, 6.45) is 2.36. The van der Waals surface area contributed by atoms with Gasteiger partial charge in [-0.15, -0.1) is 0 Å². The highest BCUT2D eigenvalue weighted by atomic mass is 16.3. The Morgan fingerprint density at radius 2 is 2.27 bits per heavy atom. The van der Waals surface area contributed by atoms with Crippen molar-refractivity contribution < 1.29 is 5.11 Å². The smallest absolute Gasteiger partial charge is 0.115 e. The average molecular weight is 148 g/mol. The second-order valence-corrected chi connectivity index (χ2v) is 3.32. The quantitative estimate of drug-likeness (QED) is 0.599. The van der Waals surface area contributed by atoms with Crippen molar-refractivity contribution >= 4 is 0 Å². The summed E-state index contributed by atoms with van der Waals surface area (Å²) in [7, 11) is 0. The highest BCUT2D eigenvalue weighted by molar-refractivity contribution is 5.39. The Morgan fingerprint density at radius 1 is 1.45 bits per heavy atom. The molecule has 58 valence electrons. The zero-order valence-electron chi connectivity index (χ0n) is 6.67. The van der Waals surface area contributed by atoms with Gasteiger partial charge >= 0.3 is 0 Å². The van der Waals surface area contributed by atoms with Gasteiger partial charge in [0.25, 0.3) is 0 Å². The van der Waals surface area contributed by atoms with Crippen LogP contribution in [0, 0.1) is 0 Å². The molecule has 0 aromatic heterocycles. The summed E-state index contributed by atoms with van der Waals surface area (Å²) in [4.78, 5) is 0. The maximum atomic E-state index is 9.18. The van der Waals surface area contributed by atoms with Crippen molar-refractivity contribution in [1.82, 2.24) is 0 Å². The van der Waals surface area contributed by atoms with E-state index in [0.717, 1.165) is 6.42 Å². The molecule has 1 aliphatic carbocycles. The summed E-state index contributed by atoms with van der Waals surface area (Å²) in [5, 5.41) is 9.18. The van der Waals surface area contributed by atoms with Crippen LogP contribution in [0.5, 0.6) is 5.75 Å². The number of rotatable bonds is 0. The van der Waals surface area contributed by atoms with Crippen LogP contribution >= 0.6 is 0 Å². The maximum Gasteiger partial charge on any atom is 0.115 e. The monoisotopic (exact) mass is 148 g/mol. The van der Waals surface area contributed by atoms with Crippen molar-refractivity contribution in [3.05, 3.63) is 29.3 Å². The van der Waals surface area contributed by atoms with Crippen LogP contribution in [0.15, 0.2) is 18.2 Å². The third-order valence-electron chi connectivity index (χ3n) is 2.50. The Labute approximate surface area is 66.7 Å². The van der Waals surface area contributed by atoms with Gasteiger partial charge in [0, 0.05) is 0 Å². The molecule has 1 aromatic carbocycles. The first-order valence-corrected chi connectivity index (χ1v) is 4.09. The van der Waals surface area contributed by atoms with E-state index in [4.69, 9.17) is 0 Å². The third kappa shape index (κ3) is 1.01. The van der Waals surface area contributed by atoms with E-state index in [0.29, 0.717) is 11.7 Å². The van der Waals surface area contributed by atoms with Gasteiger partial charge in [-0.05, 0) is 42.0 Å². The molecule has 1 heteroatoms. The van der Waals surface area contributed by atoms with Crippen molar-refractivity contribution in [2.75, 3.05) is 0 Å². The van der Waals surface area contributed by atoms with E-state index >= 15 is 0 Å². The summed E-state index contributed by atoms with van der Waals surface area (Å²) in [5.74, 6) is 1.09. The van der Waals surface area contributed by atoms with Gasteiger partial charge in [0.05, 0.1) is 0 Å². The van der Waals surface area contributed by atoms with E-state index in [2.05, 4.69) is 6.92 Å². The lowest BCUT2D eigenvalue weighted by molar-refractivity contribution is 0.474. The number of phenols is 1. The first kappa shape index (κ1) is 6.71. The Hall–Kier alpha value is -0.980. The van der Waals surface area contributed by atoms with Gasteiger partial charge in [-0.25, -0.2) is 0 Å². The molecule has 0 bridgehead atoms. The van der Waals surface area contributed by atoms with Gasteiger partial charge in [0.2, 0.25) is 0 Å². The summed E-state index contributed by atoms with van der Waals surface area (Å²) in [6, 6.07) is 5.71. The van der Waals surface area contributed by atoms with Crippen molar-refractivity contribution in [2.24, 2.45) is 0 Å². The fourth-order valence-corrected chi connectivity index (χ4v) is 1.82. The Bertz CT molecular complexity index is 278. The molecule has 1 nitrogen and oxygen atoms in total. The van der Waals surface area contributed by atoms with Crippen LogP contribution in [0.3, 0.4) is 0 Å². The molecule has 0 amide bonds. The molecule has 1 aromatic rings. The summed E-state index contributed by atoms with van der Waals surface area (Å²) >= 11 is 0. The molecule has 0 fully saturated rings. The number of hydrogen-bond acceptors (Lipinski definition) is 1. The van der Waals surface area contributed by atoms with Crippen molar-refractivity contribution in [1.29, 1.82) is 0 Å². The maximum absolute atomic E-state index is 9.18. The van der Waals surface area contributed by atoms with Crippen molar-refractivity contribution in [3.8, 4) is 5.75 Å². The van der Waals surface area contributed by atoms with E-state index in [1.165, 1.54) is 17.5 Å². The van der Waals surface area contributed by atoms with E-state index in [1.54, 1.807) is 6.07 Å². The summed E-state index contributed by atoms with van der Waals surface area (Å²) in [6.45, 7) is 2.24. The second kappa shape index (κ2) is 2.26. The van der Waals surface area contributed by atoms with Crippen LogP contribution in [-0.2, 0) is 6.42 Å². The van der Waals surface area contributed by atoms with Crippen LogP contribution in [-0.4, -0.2) is 5.11 Å². The first-order chi connectivity index (χ1) is 5.27. The Kier molecular flexibility index (Phi) is 1.38. The topological polar surface area (TPSA) is 20.2 Å². The Morgan fingerprint density at radius 3 is 3.09 bits per heavy atom. The molecule has 0 heterocycles. The van der Waals surface area contributed by atoms with E-state index in [-0.39, 0.29) is 0 Å². The molecule has 2 rings (SSSR count). The predicted octanol–water partition coefficient (Wildman–Crippen LogP) is 2.44. The molecule has 1 N–H and O–H groups in total. The summed E-state index contributed by atoms with van der Waals surface area (Å²) in [5.41, 5.74) is 2.75. The lowest BCUT2D eigenvalue weighted by atomic mass is 10.0. The highest BCUT2D eigenvalue weighted by Gasteiger charge is 2.17. The number of hydrogen-bond donors (Lipinski definition) is 1. The predicted molar refractivity (Wildman–Crippen MR) is 44.8 cm³/mol. The lowest BCUT2D eigenvalue weighted by Gasteiger charge is -2.03. The van der Waals surface area contributed by atoms with Gasteiger partial charge in [-0.3, -0.25) is 0 Å². The molecular weight excluding hydrogens is 136 g/mol. The molecule has 1 aliphatic rings. The van der Waals surface area contributed by atoms with Crippen LogP contribution in [0.2, 0.25) is 0 Å². The largest absolute Gasteiger partial charge is 0.508 e. The number of aromatic hydroxyl groups is 1. The van der Waals surface area contributed by atoms with Crippen LogP contribution in [0.25, 0.3) is 0 Å². The zero-order valence-corrected chi connectivity index (χ0v) is 6.67. The molecule has 0 saturated carbocycles. The number of phenolic OH excluding ortho intramolecular Hbond substituents is 1. The number of fused-ring (bicyclic) bond motifs is 1. The normalized spacial score (nSPS) is 21.7. The molecular formula is C10H12O. The molecule has 11 heavy (non-hydrogen) atoms. The highest BCUT2D eigenvalue weighted by Crippen LogP contribution is 2.34. The SMILES string of the molecule is C[C@H]1CCc2cc(O)ccc21. The fraction of sp³-hybridized carbons (Fsp3) is 0.400. The van der Waals surface area contributed by atoms with Gasteiger partial charge in [0.15, 0.2) is 0 Å². The zero-order chi connectivity index (χ0) is 7.84. The minimum absolute atomic E-state index is 0.401.